The molecule has 0 aromatic rings. The van der Waals surface area contributed by atoms with Crippen molar-refractivity contribution in [1.82, 2.24) is 0 Å². The van der Waals surface area contributed by atoms with Crippen LogP contribution in [0.15, 0.2) is 0 Å². The topological polar surface area (TPSA) is 79.2 Å². The third-order valence-corrected chi connectivity index (χ3v) is 4.09. The first-order valence-electron chi connectivity index (χ1n) is 8.39. The summed E-state index contributed by atoms with van der Waals surface area (Å²) in [6.07, 6.45) is 4.89. The first kappa shape index (κ1) is 18.8. The van der Waals surface area contributed by atoms with Gasteiger partial charge in [-0.15, -0.1) is 0 Å². The fourth-order valence-corrected chi connectivity index (χ4v) is 2.59. The quantitative estimate of drug-likeness (QED) is 0.538. The Morgan fingerprint density at radius 2 is 1.38 bits per heavy atom. The Balaban J connectivity index is 2.04. The molecule has 5 nitrogen and oxygen atoms in total. The zero-order valence-electron chi connectivity index (χ0n) is 13.4. The predicted octanol–water partition coefficient (Wildman–Crippen LogP) is 1.97. The Morgan fingerprint density at radius 1 is 0.810 bits per heavy atom. The summed E-state index contributed by atoms with van der Waals surface area (Å²) in [7, 11) is 0. The summed E-state index contributed by atoms with van der Waals surface area (Å²) < 4.78 is 10.9. The normalized spacial score (nSPS) is 33.3. The molecule has 21 heavy (non-hydrogen) atoms. The molecule has 3 N–H and O–H groups in total. The molecule has 126 valence electrons. The van der Waals surface area contributed by atoms with Crippen molar-refractivity contribution in [3.05, 3.63) is 0 Å². The summed E-state index contributed by atoms with van der Waals surface area (Å²) in [6, 6.07) is 0. The van der Waals surface area contributed by atoms with Crippen molar-refractivity contribution in [2.24, 2.45) is 0 Å². The van der Waals surface area contributed by atoms with E-state index >= 15 is 0 Å². The van der Waals surface area contributed by atoms with E-state index in [1.165, 1.54) is 38.5 Å². The van der Waals surface area contributed by atoms with Gasteiger partial charge < -0.3 is 24.8 Å². The molecular weight excluding hydrogens is 272 g/mol. The monoisotopic (exact) mass is 304 g/mol. The van der Waals surface area contributed by atoms with Crippen molar-refractivity contribution >= 4 is 0 Å². The van der Waals surface area contributed by atoms with Gasteiger partial charge in [-0.05, 0) is 13.3 Å². The van der Waals surface area contributed by atoms with Crippen LogP contribution in [0.5, 0.6) is 0 Å². The van der Waals surface area contributed by atoms with Gasteiger partial charge in [-0.25, -0.2) is 0 Å². The number of unbranched alkanes of at least 4 members (excludes halogenated alkanes) is 7. The molecule has 0 aromatic carbocycles. The molecule has 0 radical (unpaired) electrons. The molecule has 1 saturated heterocycles. The van der Waals surface area contributed by atoms with Crippen molar-refractivity contribution in [3.8, 4) is 0 Å². The van der Waals surface area contributed by atoms with E-state index in [4.69, 9.17) is 9.47 Å². The minimum Gasteiger partial charge on any atom is -0.388 e. The Hall–Kier alpha value is -0.200. The number of aliphatic hydroxyl groups is 3. The molecule has 0 saturated carbocycles. The summed E-state index contributed by atoms with van der Waals surface area (Å²) in [5.74, 6) is 0. The van der Waals surface area contributed by atoms with Crippen LogP contribution in [-0.4, -0.2) is 52.6 Å². The summed E-state index contributed by atoms with van der Waals surface area (Å²) in [4.78, 5) is 0. The predicted molar refractivity (Wildman–Crippen MR) is 80.9 cm³/mol. The average molecular weight is 304 g/mol. The van der Waals surface area contributed by atoms with Gasteiger partial charge in [-0.3, -0.25) is 0 Å². The van der Waals surface area contributed by atoms with Gasteiger partial charge in [0.1, 0.15) is 18.3 Å². The summed E-state index contributed by atoms with van der Waals surface area (Å²) in [6.45, 7) is 4.38. The zero-order valence-corrected chi connectivity index (χ0v) is 13.4. The van der Waals surface area contributed by atoms with Gasteiger partial charge in [-0.2, -0.15) is 0 Å². The smallest absolute Gasteiger partial charge is 0.186 e. The maximum absolute atomic E-state index is 9.79. The van der Waals surface area contributed by atoms with Crippen molar-refractivity contribution < 1.29 is 24.8 Å². The van der Waals surface area contributed by atoms with E-state index in [0.717, 1.165) is 12.8 Å². The van der Waals surface area contributed by atoms with Crippen molar-refractivity contribution in [2.45, 2.75) is 95.9 Å². The molecule has 1 fully saturated rings. The van der Waals surface area contributed by atoms with Crippen LogP contribution in [0.2, 0.25) is 0 Å². The molecule has 1 aliphatic heterocycles. The highest BCUT2D eigenvalue weighted by molar-refractivity contribution is 4.87. The van der Waals surface area contributed by atoms with Crippen LogP contribution in [-0.2, 0) is 9.47 Å². The Bertz CT molecular complexity index is 261. The summed E-state index contributed by atoms with van der Waals surface area (Å²) >= 11 is 0. The van der Waals surface area contributed by atoms with Crippen LogP contribution >= 0.6 is 0 Å². The van der Waals surface area contributed by atoms with Gasteiger partial charge in [0.05, 0.1) is 6.10 Å². The number of hydrogen-bond acceptors (Lipinski definition) is 5. The van der Waals surface area contributed by atoms with Crippen molar-refractivity contribution in [3.63, 3.8) is 0 Å². The molecule has 0 bridgehead atoms. The molecule has 0 spiro atoms. The van der Waals surface area contributed by atoms with Gasteiger partial charge in [-0.1, -0.05) is 51.9 Å². The van der Waals surface area contributed by atoms with Gasteiger partial charge in [0.15, 0.2) is 6.29 Å². The molecule has 1 unspecified atom stereocenters. The second-order valence-corrected chi connectivity index (χ2v) is 6.03. The molecule has 1 heterocycles. The van der Waals surface area contributed by atoms with Crippen LogP contribution in [0, 0.1) is 0 Å². The van der Waals surface area contributed by atoms with E-state index in [1.54, 1.807) is 6.92 Å². The summed E-state index contributed by atoms with van der Waals surface area (Å²) in [5, 5.41) is 29.0. The molecule has 0 aliphatic carbocycles. The highest BCUT2D eigenvalue weighted by Crippen LogP contribution is 2.22. The maximum atomic E-state index is 9.79. The molecule has 5 atom stereocenters. The highest BCUT2D eigenvalue weighted by Gasteiger charge is 2.42. The van der Waals surface area contributed by atoms with Crippen molar-refractivity contribution in [1.29, 1.82) is 0 Å². The largest absolute Gasteiger partial charge is 0.388 e. The van der Waals surface area contributed by atoms with Gasteiger partial charge in [0.25, 0.3) is 0 Å². The van der Waals surface area contributed by atoms with E-state index in [9.17, 15) is 15.3 Å². The molecular formula is C16H32O5. The number of aliphatic hydroxyl groups excluding tert-OH is 3. The summed E-state index contributed by atoms with van der Waals surface area (Å²) in [5.41, 5.74) is 0. The first-order valence-corrected chi connectivity index (χ1v) is 8.39. The minimum atomic E-state index is -1.21. The lowest BCUT2D eigenvalue weighted by atomic mass is 10.00. The SMILES string of the molecule is CCCCCCCCCCOC1O[C@@H](C)[C@@H](O)[C@@H](O)[C@@H]1O. The van der Waals surface area contributed by atoms with E-state index in [-0.39, 0.29) is 0 Å². The molecule has 1 rings (SSSR count). The van der Waals surface area contributed by atoms with Gasteiger partial charge >= 0.3 is 0 Å². The second-order valence-electron chi connectivity index (χ2n) is 6.03. The molecule has 1 aliphatic rings. The lowest BCUT2D eigenvalue weighted by Crippen LogP contribution is -2.57. The van der Waals surface area contributed by atoms with E-state index < -0.39 is 30.7 Å². The van der Waals surface area contributed by atoms with Crippen LogP contribution < -0.4 is 0 Å². The molecule has 0 amide bonds. The first-order chi connectivity index (χ1) is 10.1. The minimum absolute atomic E-state index is 0.506. The second kappa shape index (κ2) is 10.5. The fraction of sp³-hybridized carbons (Fsp3) is 1.00. The van der Waals surface area contributed by atoms with Crippen LogP contribution in [0.25, 0.3) is 0 Å². The standard InChI is InChI=1S/C16H32O5/c1-3-4-5-6-7-8-9-10-11-20-16-15(19)14(18)13(17)12(2)21-16/h12-19H,3-11H2,1-2H3/t12-,13+,14+,15-,16?/m0/s1. The van der Waals surface area contributed by atoms with Gasteiger partial charge in [0.2, 0.25) is 0 Å². The van der Waals surface area contributed by atoms with Crippen LogP contribution in [0.4, 0.5) is 0 Å². The number of ether oxygens (including phenoxy) is 2. The Morgan fingerprint density at radius 3 is 2.00 bits per heavy atom. The lowest BCUT2D eigenvalue weighted by molar-refractivity contribution is -0.293. The molecule has 0 aromatic heterocycles. The highest BCUT2D eigenvalue weighted by atomic mass is 16.7. The van der Waals surface area contributed by atoms with Crippen LogP contribution in [0.1, 0.15) is 65.2 Å². The number of hydrogen-bond donors (Lipinski definition) is 3. The third-order valence-electron chi connectivity index (χ3n) is 4.09. The van der Waals surface area contributed by atoms with E-state index in [1.807, 2.05) is 0 Å². The maximum Gasteiger partial charge on any atom is 0.186 e. The van der Waals surface area contributed by atoms with E-state index in [0.29, 0.717) is 6.61 Å². The third kappa shape index (κ3) is 6.61. The molecule has 5 heteroatoms. The average Bonchev–Trinajstić information content (AvgIpc) is 2.48. The van der Waals surface area contributed by atoms with Crippen LogP contribution in [0.3, 0.4) is 0 Å². The number of rotatable bonds is 10. The Kier molecular flexibility index (Phi) is 9.44. The fourth-order valence-electron chi connectivity index (χ4n) is 2.59. The lowest BCUT2D eigenvalue weighted by Gasteiger charge is -2.38. The van der Waals surface area contributed by atoms with Gasteiger partial charge in [0, 0.05) is 6.61 Å². The zero-order chi connectivity index (χ0) is 15.7. The Labute approximate surface area is 128 Å². The van der Waals surface area contributed by atoms with Crippen molar-refractivity contribution in [2.75, 3.05) is 6.61 Å². The van der Waals surface area contributed by atoms with E-state index in [2.05, 4.69) is 6.92 Å².